The molecule has 0 aliphatic carbocycles. The fourth-order valence-electron chi connectivity index (χ4n) is 2.66. The lowest BCUT2D eigenvalue weighted by atomic mass is 10.0. The zero-order valence-electron chi connectivity index (χ0n) is 12.0. The lowest BCUT2D eigenvalue weighted by Gasteiger charge is -2.15. The summed E-state index contributed by atoms with van der Waals surface area (Å²) in [6, 6.07) is 0. The van der Waals surface area contributed by atoms with Crippen molar-refractivity contribution in [2.24, 2.45) is 11.7 Å². The van der Waals surface area contributed by atoms with Crippen LogP contribution < -0.4 is 5.73 Å². The van der Waals surface area contributed by atoms with Crippen molar-refractivity contribution in [1.29, 1.82) is 0 Å². The standard InChI is InChI=1S/C13H24N4O2S/c1-2-4-12-5-8-17(10-12)20(18,19)13-9-15-16(11-13)7-3-6-14/h9,11-12H,2-8,10,14H2,1H3. The maximum atomic E-state index is 12.5. The Morgan fingerprint density at radius 3 is 3.00 bits per heavy atom. The Hall–Kier alpha value is -0.920. The summed E-state index contributed by atoms with van der Waals surface area (Å²) in [6.07, 6.45) is 7.02. The molecule has 0 radical (unpaired) electrons. The van der Waals surface area contributed by atoms with Gasteiger partial charge in [0.1, 0.15) is 4.90 Å². The van der Waals surface area contributed by atoms with Gasteiger partial charge >= 0.3 is 0 Å². The molecule has 0 saturated carbocycles. The molecule has 20 heavy (non-hydrogen) atoms. The van der Waals surface area contributed by atoms with Gasteiger partial charge in [-0.05, 0) is 31.7 Å². The number of hydrogen-bond donors (Lipinski definition) is 1. The van der Waals surface area contributed by atoms with Gasteiger partial charge in [0.2, 0.25) is 10.0 Å². The Labute approximate surface area is 121 Å². The van der Waals surface area contributed by atoms with E-state index >= 15 is 0 Å². The van der Waals surface area contributed by atoms with Gasteiger partial charge in [0.25, 0.3) is 0 Å². The molecule has 1 aliphatic rings. The van der Waals surface area contributed by atoms with E-state index in [2.05, 4.69) is 12.0 Å². The van der Waals surface area contributed by atoms with Gasteiger partial charge in [0.15, 0.2) is 0 Å². The SMILES string of the molecule is CCCC1CCN(S(=O)(=O)c2cnn(CCCN)c2)C1. The van der Waals surface area contributed by atoms with E-state index in [9.17, 15) is 8.42 Å². The normalized spacial score (nSPS) is 20.6. The number of nitrogens with zero attached hydrogens (tertiary/aromatic N) is 3. The molecule has 1 unspecified atom stereocenters. The number of aromatic nitrogens is 2. The second-order valence-electron chi connectivity index (χ2n) is 5.39. The summed E-state index contributed by atoms with van der Waals surface area (Å²) in [4.78, 5) is 0.298. The average Bonchev–Trinajstić information content (AvgIpc) is 3.06. The van der Waals surface area contributed by atoms with E-state index in [1.807, 2.05) is 0 Å². The minimum Gasteiger partial charge on any atom is -0.330 e. The summed E-state index contributed by atoms with van der Waals surface area (Å²) in [6.45, 7) is 4.64. The van der Waals surface area contributed by atoms with Crippen LogP contribution in [0.2, 0.25) is 0 Å². The van der Waals surface area contributed by atoms with Crippen molar-refractivity contribution in [3.8, 4) is 0 Å². The van der Waals surface area contributed by atoms with Crippen molar-refractivity contribution in [2.45, 2.75) is 44.0 Å². The molecule has 0 amide bonds. The van der Waals surface area contributed by atoms with Gasteiger partial charge in [-0.25, -0.2) is 8.42 Å². The van der Waals surface area contributed by atoms with Crippen molar-refractivity contribution in [3.63, 3.8) is 0 Å². The van der Waals surface area contributed by atoms with E-state index in [0.717, 1.165) is 25.7 Å². The first-order valence-corrected chi connectivity index (χ1v) is 8.74. The van der Waals surface area contributed by atoms with Crippen molar-refractivity contribution in [3.05, 3.63) is 12.4 Å². The first-order chi connectivity index (χ1) is 9.57. The molecule has 114 valence electrons. The largest absolute Gasteiger partial charge is 0.330 e. The first kappa shape index (κ1) is 15.5. The van der Waals surface area contributed by atoms with Crippen molar-refractivity contribution >= 4 is 10.0 Å². The van der Waals surface area contributed by atoms with Crippen LogP contribution in [-0.2, 0) is 16.6 Å². The number of rotatable bonds is 7. The third-order valence-electron chi connectivity index (χ3n) is 3.78. The van der Waals surface area contributed by atoms with Crippen molar-refractivity contribution < 1.29 is 8.42 Å². The number of aryl methyl sites for hydroxylation is 1. The lowest BCUT2D eigenvalue weighted by Crippen LogP contribution is -2.28. The monoisotopic (exact) mass is 300 g/mol. The Balaban J connectivity index is 2.05. The topological polar surface area (TPSA) is 81.2 Å². The molecule has 0 aromatic carbocycles. The highest BCUT2D eigenvalue weighted by Crippen LogP contribution is 2.26. The van der Waals surface area contributed by atoms with E-state index in [1.54, 1.807) is 15.2 Å². The average molecular weight is 300 g/mol. The Morgan fingerprint density at radius 1 is 1.50 bits per heavy atom. The molecule has 7 heteroatoms. The Bertz CT molecular complexity index is 526. The van der Waals surface area contributed by atoms with Crippen LogP contribution in [0.15, 0.2) is 17.3 Å². The minimum absolute atomic E-state index is 0.298. The van der Waals surface area contributed by atoms with Crippen molar-refractivity contribution in [2.75, 3.05) is 19.6 Å². The quantitative estimate of drug-likeness (QED) is 0.816. The lowest BCUT2D eigenvalue weighted by molar-refractivity contribution is 0.444. The summed E-state index contributed by atoms with van der Waals surface area (Å²) < 4.78 is 28.3. The highest BCUT2D eigenvalue weighted by molar-refractivity contribution is 7.89. The van der Waals surface area contributed by atoms with Crippen LogP contribution >= 0.6 is 0 Å². The molecule has 2 rings (SSSR count). The molecule has 1 saturated heterocycles. The molecule has 1 atom stereocenters. The Morgan fingerprint density at radius 2 is 2.30 bits per heavy atom. The molecular formula is C13H24N4O2S. The fourth-order valence-corrected chi connectivity index (χ4v) is 4.15. The third kappa shape index (κ3) is 3.39. The van der Waals surface area contributed by atoms with Crippen LogP contribution in [0.3, 0.4) is 0 Å². The molecule has 6 nitrogen and oxygen atoms in total. The second-order valence-corrected chi connectivity index (χ2v) is 7.33. The first-order valence-electron chi connectivity index (χ1n) is 7.30. The van der Waals surface area contributed by atoms with Crippen LogP contribution in [0.1, 0.15) is 32.6 Å². The number of hydrogen-bond acceptors (Lipinski definition) is 4. The maximum Gasteiger partial charge on any atom is 0.246 e. The van der Waals surface area contributed by atoms with Gasteiger partial charge in [-0.2, -0.15) is 9.40 Å². The summed E-state index contributed by atoms with van der Waals surface area (Å²) in [5.41, 5.74) is 5.44. The van der Waals surface area contributed by atoms with E-state index < -0.39 is 10.0 Å². The third-order valence-corrected chi connectivity index (χ3v) is 5.60. The molecule has 2 heterocycles. The maximum absolute atomic E-state index is 12.5. The van der Waals surface area contributed by atoms with E-state index in [1.165, 1.54) is 6.20 Å². The van der Waals surface area contributed by atoms with Crippen LogP contribution in [0.5, 0.6) is 0 Å². The summed E-state index contributed by atoms with van der Waals surface area (Å²) in [7, 11) is -3.38. The summed E-state index contributed by atoms with van der Waals surface area (Å²) in [5.74, 6) is 0.502. The summed E-state index contributed by atoms with van der Waals surface area (Å²) in [5, 5.41) is 4.10. The number of nitrogens with two attached hydrogens (primary N) is 1. The smallest absolute Gasteiger partial charge is 0.246 e. The molecule has 1 fully saturated rings. The van der Waals surface area contributed by atoms with Gasteiger partial charge in [-0.15, -0.1) is 0 Å². The number of sulfonamides is 1. The van der Waals surface area contributed by atoms with Crippen LogP contribution in [-0.4, -0.2) is 42.1 Å². The Kier molecular flexibility index (Phi) is 5.17. The zero-order valence-corrected chi connectivity index (χ0v) is 12.8. The highest BCUT2D eigenvalue weighted by Gasteiger charge is 2.32. The minimum atomic E-state index is -3.38. The van der Waals surface area contributed by atoms with Gasteiger partial charge in [-0.1, -0.05) is 13.3 Å². The predicted octanol–water partition coefficient (Wildman–Crippen LogP) is 1.04. The molecular weight excluding hydrogens is 276 g/mol. The molecule has 0 spiro atoms. The van der Waals surface area contributed by atoms with Gasteiger partial charge in [-0.3, -0.25) is 4.68 Å². The van der Waals surface area contributed by atoms with Crippen LogP contribution in [0.4, 0.5) is 0 Å². The highest BCUT2D eigenvalue weighted by atomic mass is 32.2. The molecule has 1 aliphatic heterocycles. The van der Waals surface area contributed by atoms with Crippen LogP contribution in [0, 0.1) is 5.92 Å². The molecule has 0 bridgehead atoms. The van der Waals surface area contributed by atoms with Gasteiger partial charge in [0, 0.05) is 25.8 Å². The van der Waals surface area contributed by atoms with E-state index in [0.29, 0.717) is 37.0 Å². The van der Waals surface area contributed by atoms with Gasteiger partial charge < -0.3 is 5.73 Å². The zero-order chi connectivity index (χ0) is 14.6. The molecule has 1 aromatic rings. The molecule has 2 N–H and O–H groups in total. The van der Waals surface area contributed by atoms with E-state index in [4.69, 9.17) is 5.73 Å². The summed E-state index contributed by atoms with van der Waals surface area (Å²) >= 11 is 0. The molecule has 1 aromatic heterocycles. The predicted molar refractivity (Wildman–Crippen MR) is 77.7 cm³/mol. The van der Waals surface area contributed by atoms with Crippen LogP contribution in [0.25, 0.3) is 0 Å². The fraction of sp³-hybridized carbons (Fsp3) is 0.769. The van der Waals surface area contributed by atoms with Crippen molar-refractivity contribution in [1.82, 2.24) is 14.1 Å². The van der Waals surface area contributed by atoms with E-state index in [-0.39, 0.29) is 0 Å². The second kappa shape index (κ2) is 6.69. The van der Waals surface area contributed by atoms with Gasteiger partial charge in [0.05, 0.1) is 6.20 Å².